The van der Waals surface area contributed by atoms with Crippen LogP contribution in [0.2, 0.25) is 5.02 Å². The molecule has 0 radical (unpaired) electrons. The van der Waals surface area contributed by atoms with Crippen LogP contribution in [0.1, 0.15) is 18.4 Å². The minimum Gasteiger partial charge on any atom is -0.306 e. The number of aliphatic imine (C=N–C) groups is 1. The van der Waals surface area contributed by atoms with Gasteiger partial charge in [-0.15, -0.1) is 0 Å². The fraction of sp³-hybridized carbons (Fsp3) is 0.333. The maximum absolute atomic E-state index is 13.8. The summed E-state index contributed by atoms with van der Waals surface area (Å²) in [5, 5.41) is 2.45. The van der Waals surface area contributed by atoms with Gasteiger partial charge >= 0.3 is 12.2 Å². The number of amides is 2. The Labute approximate surface area is 129 Å². The highest BCUT2D eigenvalue weighted by molar-refractivity contribution is 6.30. The number of fused-ring (bicyclic) bond motifs is 1. The highest BCUT2D eigenvalue weighted by atomic mass is 35.5. The van der Waals surface area contributed by atoms with Crippen molar-refractivity contribution in [3.05, 3.63) is 28.8 Å². The van der Waals surface area contributed by atoms with Crippen LogP contribution in [0.15, 0.2) is 23.2 Å². The Morgan fingerprint density at radius 1 is 1.36 bits per heavy atom. The third kappa shape index (κ3) is 2.57. The summed E-state index contributed by atoms with van der Waals surface area (Å²) in [4.78, 5) is 14.9. The summed E-state index contributed by atoms with van der Waals surface area (Å²) in [6, 6.07) is 3.03. The first-order chi connectivity index (χ1) is 10.3. The lowest BCUT2D eigenvalue weighted by molar-refractivity contribution is -0.152. The molecule has 1 aliphatic carbocycles. The van der Waals surface area contributed by atoms with Crippen molar-refractivity contribution in [1.29, 1.82) is 0 Å². The third-order valence-electron chi connectivity index (χ3n) is 3.52. The number of carbonyl (C=O) groups is 1. The molecular weight excluding hydrogens is 317 g/mol. The van der Waals surface area contributed by atoms with Gasteiger partial charge in [0.25, 0.3) is 0 Å². The van der Waals surface area contributed by atoms with Crippen molar-refractivity contribution >= 4 is 29.5 Å². The van der Waals surface area contributed by atoms with Crippen molar-refractivity contribution in [1.82, 2.24) is 0 Å². The van der Waals surface area contributed by atoms with Crippen molar-refractivity contribution in [2.75, 3.05) is 5.32 Å². The molecule has 3 nitrogen and oxygen atoms in total. The number of anilines is 1. The second-order valence-electron chi connectivity index (χ2n) is 5.23. The lowest BCUT2D eigenvalue weighted by Crippen LogP contribution is -2.42. The molecule has 22 heavy (non-hydrogen) atoms. The lowest BCUT2D eigenvalue weighted by Gasteiger charge is -2.28. The van der Waals surface area contributed by atoms with Crippen LogP contribution < -0.4 is 5.32 Å². The first-order valence-electron chi connectivity index (χ1n) is 6.57. The van der Waals surface area contributed by atoms with Gasteiger partial charge in [-0.1, -0.05) is 23.4 Å². The van der Waals surface area contributed by atoms with E-state index in [1.54, 1.807) is 0 Å². The van der Waals surface area contributed by atoms with Crippen LogP contribution in [0.3, 0.4) is 0 Å². The van der Waals surface area contributed by atoms with Crippen LogP contribution >= 0.6 is 11.6 Å². The second kappa shape index (κ2) is 5.03. The molecule has 3 rings (SSSR count). The van der Waals surface area contributed by atoms with Crippen LogP contribution in [0.5, 0.6) is 0 Å². The van der Waals surface area contributed by atoms with Crippen molar-refractivity contribution in [3.63, 3.8) is 0 Å². The van der Waals surface area contributed by atoms with Crippen molar-refractivity contribution in [2.45, 2.75) is 24.4 Å². The van der Waals surface area contributed by atoms with Gasteiger partial charge in [-0.25, -0.2) is 9.79 Å². The third-order valence-corrected chi connectivity index (χ3v) is 3.76. The Morgan fingerprint density at radius 2 is 2.09 bits per heavy atom. The van der Waals surface area contributed by atoms with E-state index in [4.69, 9.17) is 11.6 Å². The molecule has 2 amide bonds. The fourth-order valence-electron chi connectivity index (χ4n) is 2.16. The zero-order valence-corrected chi connectivity index (χ0v) is 11.9. The number of halogens is 4. The average molecular weight is 327 g/mol. The molecule has 0 spiro atoms. The molecule has 1 aromatic carbocycles. The first kappa shape index (κ1) is 14.9. The van der Waals surface area contributed by atoms with Gasteiger partial charge in [-0.3, -0.25) is 0 Å². The molecular formula is C15H10ClF3N2O. The zero-order valence-electron chi connectivity index (χ0n) is 11.2. The molecule has 0 aromatic heterocycles. The van der Waals surface area contributed by atoms with Crippen molar-refractivity contribution in [2.24, 2.45) is 10.9 Å². The molecule has 1 aromatic rings. The Kier molecular flexibility index (Phi) is 3.41. The van der Waals surface area contributed by atoms with Crippen LogP contribution in [0.4, 0.5) is 23.7 Å². The van der Waals surface area contributed by atoms with Gasteiger partial charge in [0.15, 0.2) is 5.41 Å². The van der Waals surface area contributed by atoms with Gasteiger partial charge in [0, 0.05) is 28.4 Å². The van der Waals surface area contributed by atoms with Crippen molar-refractivity contribution < 1.29 is 18.0 Å². The number of benzene rings is 1. The van der Waals surface area contributed by atoms with E-state index >= 15 is 0 Å². The molecule has 7 heteroatoms. The second-order valence-corrected chi connectivity index (χ2v) is 5.66. The summed E-state index contributed by atoms with van der Waals surface area (Å²) in [7, 11) is 0. The predicted molar refractivity (Wildman–Crippen MR) is 77.2 cm³/mol. The molecule has 1 N–H and O–H groups in total. The monoisotopic (exact) mass is 326 g/mol. The summed E-state index contributed by atoms with van der Waals surface area (Å²) in [6.07, 6.45) is -2.58. The van der Waals surface area contributed by atoms with Gasteiger partial charge in [0.1, 0.15) is 0 Å². The number of alkyl halides is 3. The first-order valence-corrected chi connectivity index (χ1v) is 6.95. The number of nitrogens with zero attached hydrogens (tertiary/aromatic N) is 1. The van der Waals surface area contributed by atoms with E-state index in [1.807, 2.05) is 0 Å². The highest BCUT2D eigenvalue weighted by Crippen LogP contribution is 2.45. The number of nitrogens with one attached hydrogen (secondary N) is 1. The Morgan fingerprint density at radius 3 is 2.73 bits per heavy atom. The average Bonchev–Trinajstić information content (AvgIpc) is 3.24. The van der Waals surface area contributed by atoms with Gasteiger partial charge in [0.05, 0.1) is 0 Å². The number of hydrogen-bond donors (Lipinski definition) is 1. The Bertz CT molecular complexity index is 729. The fourth-order valence-corrected chi connectivity index (χ4v) is 2.34. The highest BCUT2D eigenvalue weighted by Gasteiger charge is 2.56. The zero-order chi connectivity index (χ0) is 16.0. The quantitative estimate of drug-likeness (QED) is 0.714. The molecule has 1 saturated carbocycles. The van der Waals surface area contributed by atoms with E-state index in [1.165, 1.54) is 18.2 Å². The number of hydrogen-bond acceptors (Lipinski definition) is 1. The minimum absolute atomic E-state index is 0.00863. The topological polar surface area (TPSA) is 41.5 Å². The molecule has 0 saturated heterocycles. The minimum atomic E-state index is -4.73. The molecule has 0 bridgehead atoms. The standard InChI is InChI=1S/C15H10ClF3N2O/c16-10-3-4-12-11(7-10)14(15(17,18)19,6-5-9-1-2-9)8-20-13(22)21-12/h3-4,7-9H,1-2H2,(H,21,22)/t14-/m1/s1. The summed E-state index contributed by atoms with van der Waals surface area (Å²) < 4.78 is 41.4. The van der Waals surface area contributed by atoms with E-state index < -0.39 is 17.6 Å². The molecule has 2 aliphatic rings. The SMILES string of the molecule is O=C1N=C[C@@](C#CC2CC2)(C(F)(F)F)c2cc(Cl)ccc2N1. The normalized spacial score (nSPS) is 23.9. The van der Waals surface area contributed by atoms with Gasteiger partial charge in [-0.2, -0.15) is 13.2 Å². The molecule has 1 atom stereocenters. The Hall–Kier alpha value is -2.00. The van der Waals surface area contributed by atoms with Crippen LogP contribution in [-0.4, -0.2) is 18.4 Å². The number of carbonyl (C=O) groups excluding carboxylic acids is 1. The largest absolute Gasteiger partial charge is 0.414 e. The van der Waals surface area contributed by atoms with Gasteiger partial charge in [-0.05, 0) is 31.0 Å². The summed E-state index contributed by atoms with van der Waals surface area (Å²) in [6.45, 7) is 0. The van der Waals surface area contributed by atoms with Gasteiger partial charge < -0.3 is 5.32 Å². The molecule has 1 fully saturated rings. The maximum atomic E-state index is 13.8. The number of urea groups is 1. The molecule has 0 unspecified atom stereocenters. The van der Waals surface area contributed by atoms with E-state index in [0.717, 1.165) is 12.8 Å². The molecule has 1 heterocycles. The van der Waals surface area contributed by atoms with Crippen LogP contribution in [-0.2, 0) is 5.41 Å². The summed E-state index contributed by atoms with van der Waals surface area (Å²) in [5.74, 6) is 4.91. The Balaban J connectivity index is 2.27. The van der Waals surface area contributed by atoms with E-state index in [9.17, 15) is 18.0 Å². The predicted octanol–water partition coefficient (Wildman–Crippen LogP) is 4.17. The molecule has 114 valence electrons. The van der Waals surface area contributed by atoms with E-state index in [2.05, 4.69) is 22.2 Å². The summed E-state index contributed by atoms with van der Waals surface area (Å²) >= 11 is 5.85. The van der Waals surface area contributed by atoms with E-state index in [-0.39, 0.29) is 22.2 Å². The van der Waals surface area contributed by atoms with Crippen LogP contribution in [0.25, 0.3) is 0 Å². The maximum Gasteiger partial charge on any atom is 0.414 e. The lowest BCUT2D eigenvalue weighted by atomic mass is 9.80. The molecule has 1 aliphatic heterocycles. The smallest absolute Gasteiger partial charge is 0.306 e. The van der Waals surface area contributed by atoms with E-state index in [0.29, 0.717) is 6.21 Å². The van der Waals surface area contributed by atoms with Gasteiger partial charge in [0.2, 0.25) is 0 Å². The van der Waals surface area contributed by atoms with Crippen molar-refractivity contribution in [3.8, 4) is 11.8 Å². The number of rotatable bonds is 0. The van der Waals surface area contributed by atoms with Crippen LogP contribution in [0, 0.1) is 17.8 Å². The summed E-state index contributed by atoms with van der Waals surface area (Å²) in [5.41, 5.74) is -2.85.